The van der Waals surface area contributed by atoms with Crippen LogP contribution in [0.15, 0.2) is 28.4 Å². The van der Waals surface area contributed by atoms with E-state index in [4.69, 9.17) is 9.47 Å². The summed E-state index contributed by atoms with van der Waals surface area (Å²) in [5.41, 5.74) is 1.85. The number of benzene rings is 1. The van der Waals surface area contributed by atoms with Crippen LogP contribution >= 0.6 is 11.8 Å². The molecule has 1 aliphatic heterocycles. The minimum atomic E-state index is -0.0449. The molecule has 0 bridgehead atoms. The van der Waals surface area contributed by atoms with E-state index in [0.717, 1.165) is 16.9 Å². The predicted octanol–water partition coefficient (Wildman–Crippen LogP) is 2.17. The van der Waals surface area contributed by atoms with Crippen molar-refractivity contribution >= 4 is 29.1 Å². The molecule has 118 valence electrons. The fourth-order valence-electron chi connectivity index (χ4n) is 1.84. The first kappa shape index (κ1) is 16.5. The Morgan fingerprint density at radius 2 is 2.27 bits per heavy atom. The maximum absolute atomic E-state index is 11.0. The molecule has 0 spiro atoms. The van der Waals surface area contributed by atoms with Crippen LogP contribution in [0, 0.1) is 0 Å². The second-order valence-electron chi connectivity index (χ2n) is 4.95. The summed E-state index contributed by atoms with van der Waals surface area (Å²) in [5.74, 6) is 1.16. The van der Waals surface area contributed by atoms with Gasteiger partial charge < -0.3 is 14.8 Å². The van der Waals surface area contributed by atoms with Crippen LogP contribution in [0.25, 0.3) is 0 Å². The highest BCUT2D eigenvalue weighted by Crippen LogP contribution is 2.22. The number of amides is 1. The van der Waals surface area contributed by atoms with Gasteiger partial charge in [0.15, 0.2) is 5.17 Å². The Hall–Kier alpha value is -1.86. The van der Waals surface area contributed by atoms with E-state index in [9.17, 15) is 4.79 Å². The monoisotopic (exact) mass is 321 g/mol. The zero-order valence-electron chi connectivity index (χ0n) is 12.8. The lowest BCUT2D eigenvalue weighted by Crippen LogP contribution is -2.19. The largest absolute Gasteiger partial charge is 0.491 e. The minimum Gasteiger partial charge on any atom is -0.491 e. The lowest BCUT2D eigenvalue weighted by molar-refractivity contribution is -0.116. The zero-order chi connectivity index (χ0) is 15.9. The quantitative estimate of drug-likeness (QED) is 0.644. The molecule has 1 N–H and O–H groups in total. The molecule has 1 aromatic carbocycles. The summed E-state index contributed by atoms with van der Waals surface area (Å²) >= 11 is 1.34. The average Bonchev–Trinajstić information content (AvgIpc) is 2.87. The van der Waals surface area contributed by atoms with Crippen molar-refractivity contribution in [3.05, 3.63) is 29.3 Å². The van der Waals surface area contributed by atoms with E-state index in [1.807, 2.05) is 32.0 Å². The summed E-state index contributed by atoms with van der Waals surface area (Å²) in [6, 6.07) is 5.75. The molecular formula is C15H19N3O3S. The highest BCUT2D eigenvalue weighted by atomic mass is 32.2. The third-order valence-corrected chi connectivity index (χ3v) is 3.55. The lowest BCUT2D eigenvalue weighted by atomic mass is 10.1. The van der Waals surface area contributed by atoms with Crippen LogP contribution < -0.4 is 10.1 Å². The van der Waals surface area contributed by atoms with E-state index in [1.165, 1.54) is 11.8 Å². The molecule has 22 heavy (non-hydrogen) atoms. The molecule has 1 aromatic rings. The normalized spacial score (nSPS) is 16.7. The molecule has 0 atom stereocenters. The predicted molar refractivity (Wildman–Crippen MR) is 88.5 cm³/mol. The van der Waals surface area contributed by atoms with Crippen molar-refractivity contribution in [2.24, 2.45) is 10.2 Å². The molecule has 6 nitrogen and oxygen atoms in total. The Kier molecular flexibility index (Phi) is 5.97. The molecule has 1 fully saturated rings. The van der Waals surface area contributed by atoms with E-state index in [2.05, 4.69) is 15.5 Å². The number of carbonyl (C=O) groups excluding carboxylic acids is 1. The van der Waals surface area contributed by atoms with Crippen molar-refractivity contribution in [3.63, 3.8) is 0 Å². The fraction of sp³-hybridized carbons (Fsp3) is 0.400. The summed E-state index contributed by atoms with van der Waals surface area (Å²) in [7, 11) is 1.64. The Balaban J connectivity index is 2.10. The van der Waals surface area contributed by atoms with Crippen molar-refractivity contribution in [1.29, 1.82) is 0 Å². The highest BCUT2D eigenvalue weighted by molar-refractivity contribution is 8.15. The van der Waals surface area contributed by atoms with Gasteiger partial charge in [0, 0.05) is 12.7 Å². The molecule has 1 saturated heterocycles. The molecule has 2 rings (SSSR count). The topological polar surface area (TPSA) is 72.3 Å². The van der Waals surface area contributed by atoms with E-state index in [0.29, 0.717) is 17.5 Å². The first-order valence-corrected chi connectivity index (χ1v) is 7.89. The molecule has 0 aromatic heterocycles. The fourth-order valence-corrected chi connectivity index (χ4v) is 2.47. The first-order chi connectivity index (χ1) is 10.6. The van der Waals surface area contributed by atoms with Crippen LogP contribution in [0.4, 0.5) is 0 Å². The molecule has 7 heteroatoms. The number of methoxy groups -OCH3 is 1. The van der Waals surface area contributed by atoms with Gasteiger partial charge in [-0.15, -0.1) is 5.10 Å². The Labute approximate surface area is 134 Å². The van der Waals surface area contributed by atoms with Crippen molar-refractivity contribution in [1.82, 2.24) is 5.32 Å². The summed E-state index contributed by atoms with van der Waals surface area (Å²) < 4.78 is 10.9. The molecule has 0 aliphatic carbocycles. The Morgan fingerprint density at radius 3 is 2.91 bits per heavy atom. The summed E-state index contributed by atoms with van der Waals surface area (Å²) in [6.07, 6.45) is 1.74. The third-order valence-electron chi connectivity index (χ3n) is 2.69. The molecule has 1 amide bonds. The number of thioether (sulfide) groups is 1. The molecule has 1 heterocycles. The van der Waals surface area contributed by atoms with Gasteiger partial charge in [0.25, 0.3) is 0 Å². The van der Waals surface area contributed by atoms with Gasteiger partial charge in [-0.1, -0.05) is 11.8 Å². The number of ether oxygens (including phenoxy) is 2. The number of amidine groups is 1. The highest BCUT2D eigenvalue weighted by Gasteiger charge is 2.15. The third kappa shape index (κ3) is 4.85. The second-order valence-corrected chi connectivity index (χ2v) is 5.92. The van der Waals surface area contributed by atoms with Crippen LogP contribution in [0.1, 0.15) is 25.0 Å². The second kappa shape index (κ2) is 7.95. The summed E-state index contributed by atoms with van der Waals surface area (Å²) in [4.78, 5) is 11.0. The van der Waals surface area contributed by atoms with Crippen LogP contribution in [0.2, 0.25) is 0 Å². The van der Waals surface area contributed by atoms with E-state index >= 15 is 0 Å². The SMILES string of the molecule is COCc1cc(C=NN=C2NC(=O)CS2)ccc1OC(C)C. The summed E-state index contributed by atoms with van der Waals surface area (Å²) in [6.45, 7) is 4.43. The van der Waals surface area contributed by atoms with Gasteiger partial charge in [-0.2, -0.15) is 5.10 Å². The van der Waals surface area contributed by atoms with E-state index in [-0.39, 0.29) is 12.0 Å². The van der Waals surface area contributed by atoms with Crippen molar-refractivity contribution in [2.75, 3.05) is 12.9 Å². The maximum atomic E-state index is 11.0. The van der Waals surface area contributed by atoms with Gasteiger partial charge in [0.1, 0.15) is 5.75 Å². The van der Waals surface area contributed by atoms with Gasteiger partial charge in [0.2, 0.25) is 5.91 Å². The maximum Gasteiger partial charge on any atom is 0.236 e. The Morgan fingerprint density at radius 1 is 1.45 bits per heavy atom. The minimum absolute atomic E-state index is 0.0449. The van der Waals surface area contributed by atoms with Gasteiger partial charge in [-0.25, -0.2) is 0 Å². The van der Waals surface area contributed by atoms with Gasteiger partial charge >= 0.3 is 0 Å². The molecule has 0 unspecified atom stereocenters. The van der Waals surface area contributed by atoms with Gasteiger partial charge in [0.05, 0.1) is 24.7 Å². The molecule has 0 radical (unpaired) electrons. The summed E-state index contributed by atoms with van der Waals surface area (Å²) in [5, 5.41) is 11.1. The number of rotatable bonds is 6. The van der Waals surface area contributed by atoms with E-state index < -0.39 is 0 Å². The lowest BCUT2D eigenvalue weighted by Gasteiger charge is -2.14. The van der Waals surface area contributed by atoms with Crippen LogP contribution in [-0.2, 0) is 16.1 Å². The van der Waals surface area contributed by atoms with Gasteiger partial charge in [-0.05, 0) is 37.6 Å². The number of nitrogens with one attached hydrogen (secondary N) is 1. The van der Waals surface area contributed by atoms with E-state index in [1.54, 1.807) is 13.3 Å². The molecule has 0 saturated carbocycles. The number of nitrogens with zero attached hydrogens (tertiary/aromatic N) is 2. The molecular weight excluding hydrogens is 302 g/mol. The van der Waals surface area contributed by atoms with Crippen molar-refractivity contribution in [2.45, 2.75) is 26.6 Å². The zero-order valence-corrected chi connectivity index (χ0v) is 13.6. The van der Waals surface area contributed by atoms with Crippen molar-refractivity contribution < 1.29 is 14.3 Å². The van der Waals surface area contributed by atoms with Gasteiger partial charge in [-0.3, -0.25) is 4.79 Å². The standard InChI is InChI=1S/C15H19N3O3S/c1-10(2)21-13-5-4-11(6-12(13)8-20-3)7-16-18-15-17-14(19)9-22-15/h4-7,10H,8-9H2,1-3H3,(H,17,18,19). The van der Waals surface area contributed by atoms with Crippen LogP contribution in [0.3, 0.4) is 0 Å². The van der Waals surface area contributed by atoms with Crippen LogP contribution in [-0.4, -0.2) is 36.3 Å². The smallest absolute Gasteiger partial charge is 0.236 e. The number of hydrogen-bond acceptors (Lipinski definition) is 6. The first-order valence-electron chi connectivity index (χ1n) is 6.90. The Bertz CT molecular complexity index is 600. The number of hydrogen-bond donors (Lipinski definition) is 1. The number of carbonyl (C=O) groups is 1. The van der Waals surface area contributed by atoms with Crippen LogP contribution in [0.5, 0.6) is 5.75 Å². The average molecular weight is 321 g/mol. The van der Waals surface area contributed by atoms with Crippen molar-refractivity contribution in [3.8, 4) is 5.75 Å². The molecule has 1 aliphatic rings.